The molecule has 5 nitrogen and oxygen atoms in total. The second-order valence-corrected chi connectivity index (χ2v) is 5.81. The molecule has 4 rings (SSSR count). The fraction of sp³-hybridized carbons (Fsp3) is 0.294. The van der Waals surface area contributed by atoms with Crippen LogP contribution in [0.5, 0.6) is 5.75 Å². The molecule has 2 N–H and O–H groups in total. The van der Waals surface area contributed by atoms with Crippen molar-refractivity contribution >= 4 is 11.0 Å². The molecular weight excluding hydrogens is 280 g/mol. The first kappa shape index (κ1) is 13.1. The minimum Gasteiger partial charge on any atom is -0.506 e. The highest BCUT2D eigenvalue weighted by Gasteiger charge is 2.23. The second kappa shape index (κ2) is 4.73. The Morgan fingerprint density at radius 1 is 1.27 bits per heavy atom. The lowest BCUT2D eigenvalue weighted by Gasteiger charge is -2.18. The predicted octanol–water partition coefficient (Wildman–Crippen LogP) is 3.08. The molecule has 0 radical (unpaired) electrons. The van der Waals surface area contributed by atoms with E-state index in [-0.39, 0.29) is 11.4 Å². The minimum atomic E-state index is -0.268. The normalized spacial score (nSPS) is 14.2. The van der Waals surface area contributed by atoms with Gasteiger partial charge in [0.1, 0.15) is 11.3 Å². The summed E-state index contributed by atoms with van der Waals surface area (Å²) in [5, 5.41) is 18.4. The number of aromatic nitrogens is 2. The molecular formula is C17H16N2O3. The van der Waals surface area contributed by atoms with Crippen LogP contribution in [-0.2, 0) is 12.8 Å². The number of nitrogens with zero attached hydrogens (tertiary/aromatic N) is 1. The number of H-pyrrole nitrogens is 1. The Labute approximate surface area is 126 Å². The first-order valence-corrected chi connectivity index (χ1v) is 7.47. The molecule has 22 heavy (non-hydrogen) atoms. The average Bonchev–Trinajstić information content (AvgIpc) is 3.01. The van der Waals surface area contributed by atoms with Crippen LogP contribution in [-0.4, -0.2) is 15.3 Å². The Hall–Kier alpha value is -2.56. The standard InChI is InChI=1S/C17H16N2O3/c1-9-8-13-15(16(20)14(9)12-6-7-18-19-12)10-4-2-3-5-11(10)17(21)22-13/h6-8,20H,2-5H2,1H3,(H,18,19). The number of rotatable bonds is 1. The number of hydrogen-bond acceptors (Lipinski definition) is 4. The van der Waals surface area contributed by atoms with Crippen LogP contribution in [0.3, 0.4) is 0 Å². The molecule has 3 aromatic rings. The molecule has 0 atom stereocenters. The molecule has 0 aliphatic heterocycles. The van der Waals surface area contributed by atoms with Gasteiger partial charge in [0.25, 0.3) is 0 Å². The Balaban J connectivity index is 2.14. The number of hydrogen-bond donors (Lipinski definition) is 2. The molecule has 0 fully saturated rings. The van der Waals surface area contributed by atoms with Crippen molar-refractivity contribution in [1.82, 2.24) is 10.2 Å². The third-order valence-electron chi connectivity index (χ3n) is 4.45. The van der Waals surface area contributed by atoms with Gasteiger partial charge in [-0.2, -0.15) is 5.10 Å². The zero-order valence-corrected chi connectivity index (χ0v) is 12.3. The largest absolute Gasteiger partial charge is 0.506 e. The van der Waals surface area contributed by atoms with Crippen molar-refractivity contribution in [2.45, 2.75) is 32.6 Å². The smallest absolute Gasteiger partial charge is 0.339 e. The van der Waals surface area contributed by atoms with E-state index in [2.05, 4.69) is 10.2 Å². The Morgan fingerprint density at radius 3 is 2.77 bits per heavy atom. The maximum atomic E-state index is 12.1. The molecule has 2 aromatic heterocycles. The van der Waals surface area contributed by atoms with Gasteiger partial charge in [-0.15, -0.1) is 0 Å². The third kappa shape index (κ3) is 1.78. The molecule has 0 unspecified atom stereocenters. The van der Waals surface area contributed by atoms with Crippen molar-refractivity contribution in [3.63, 3.8) is 0 Å². The molecule has 1 aromatic carbocycles. The van der Waals surface area contributed by atoms with Crippen LogP contribution in [0.25, 0.3) is 22.2 Å². The lowest BCUT2D eigenvalue weighted by molar-refractivity contribution is 0.477. The zero-order valence-electron chi connectivity index (χ0n) is 12.3. The molecule has 1 aliphatic carbocycles. The molecule has 0 saturated heterocycles. The lowest BCUT2D eigenvalue weighted by atomic mass is 9.88. The van der Waals surface area contributed by atoms with Gasteiger partial charge in [-0.3, -0.25) is 5.10 Å². The highest BCUT2D eigenvalue weighted by molar-refractivity contribution is 5.95. The zero-order chi connectivity index (χ0) is 15.3. The molecule has 1 aliphatic rings. The fourth-order valence-corrected chi connectivity index (χ4v) is 3.44. The first-order chi connectivity index (χ1) is 10.7. The summed E-state index contributed by atoms with van der Waals surface area (Å²) in [7, 11) is 0. The summed E-state index contributed by atoms with van der Waals surface area (Å²) < 4.78 is 5.45. The van der Waals surface area contributed by atoms with E-state index in [1.54, 1.807) is 6.20 Å². The number of benzene rings is 1. The summed E-state index contributed by atoms with van der Waals surface area (Å²) in [4.78, 5) is 12.1. The van der Waals surface area contributed by atoms with Crippen LogP contribution in [0.1, 0.15) is 29.5 Å². The van der Waals surface area contributed by atoms with Crippen molar-refractivity contribution in [2.24, 2.45) is 0 Å². The highest BCUT2D eigenvalue weighted by Crippen LogP contribution is 2.41. The molecule has 0 spiro atoms. The molecule has 0 saturated carbocycles. The number of aromatic hydroxyl groups is 1. The van der Waals surface area contributed by atoms with Gasteiger partial charge in [-0.1, -0.05) is 0 Å². The Kier molecular flexibility index (Phi) is 2.82. The van der Waals surface area contributed by atoms with Gasteiger partial charge in [0.2, 0.25) is 0 Å². The van der Waals surface area contributed by atoms with Crippen molar-refractivity contribution in [2.75, 3.05) is 0 Å². The van der Waals surface area contributed by atoms with Gasteiger partial charge in [-0.25, -0.2) is 4.79 Å². The van der Waals surface area contributed by atoms with Crippen molar-refractivity contribution in [3.8, 4) is 17.0 Å². The number of phenolic OH excluding ortho intramolecular Hbond substituents is 1. The number of aromatic amines is 1. The van der Waals surface area contributed by atoms with E-state index in [1.165, 1.54) is 0 Å². The summed E-state index contributed by atoms with van der Waals surface area (Å²) in [5.74, 6) is 0.168. The van der Waals surface area contributed by atoms with Crippen molar-refractivity contribution in [1.29, 1.82) is 0 Å². The van der Waals surface area contributed by atoms with Gasteiger partial charge < -0.3 is 9.52 Å². The molecule has 5 heteroatoms. The van der Waals surface area contributed by atoms with Crippen LogP contribution in [0.15, 0.2) is 27.5 Å². The molecule has 2 heterocycles. The topological polar surface area (TPSA) is 79.1 Å². The van der Waals surface area contributed by atoms with E-state index in [9.17, 15) is 9.90 Å². The van der Waals surface area contributed by atoms with Gasteiger partial charge in [0, 0.05) is 17.3 Å². The van der Waals surface area contributed by atoms with Crippen LogP contribution < -0.4 is 5.63 Å². The Bertz CT molecular complexity index is 923. The van der Waals surface area contributed by atoms with Gasteiger partial charge >= 0.3 is 5.63 Å². The van der Waals surface area contributed by atoms with Crippen LogP contribution in [0.2, 0.25) is 0 Å². The van der Waals surface area contributed by atoms with Gasteiger partial charge in [0.15, 0.2) is 0 Å². The second-order valence-electron chi connectivity index (χ2n) is 5.81. The van der Waals surface area contributed by atoms with E-state index in [4.69, 9.17) is 4.42 Å². The lowest BCUT2D eigenvalue weighted by Crippen LogP contribution is -2.16. The fourth-order valence-electron chi connectivity index (χ4n) is 3.44. The number of nitrogens with one attached hydrogen (secondary N) is 1. The van der Waals surface area contributed by atoms with Gasteiger partial charge in [-0.05, 0) is 55.9 Å². The summed E-state index contributed by atoms with van der Waals surface area (Å²) in [6.07, 6.45) is 5.19. The number of fused-ring (bicyclic) bond motifs is 3. The van der Waals surface area contributed by atoms with E-state index >= 15 is 0 Å². The van der Waals surface area contributed by atoms with E-state index in [0.717, 1.165) is 42.5 Å². The average molecular weight is 296 g/mol. The molecule has 0 amide bonds. The van der Waals surface area contributed by atoms with E-state index < -0.39 is 0 Å². The summed E-state index contributed by atoms with van der Waals surface area (Å²) in [6, 6.07) is 3.64. The van der Waals surface area contributed by atoms with Gasteiger partial charge in [0.05, 0.1) is 11.1 Å². The molecule has 0 bridgehead atoms. The van der Waals surface area contributed by atoms with Crippen LogP contribution >= 0.6 is 0 Å². The monoisotopic (exact) mass is 296 g/mol. The first-order valence-electron chi connectivity index (χ1n) is 7.47. The summed E-state index contributed by atoms with van der Waals surface area (Å²) in [6.45, 7) is 1.88. The van der Waals surface area contributed by atoms with Crippen LogP contribution in [0.4, 0.5) is 0 Å². The van der Waals surface area contributed by atoms with Crippen LogP contribution in [0, 0.1) is 6.92 Å². The summed E-state index contributed by atoms with van der Waals surface area (Å²) >= 11 is 0. The van der Waals surface area contributed by atoms with E-state index in [0.29, 0.717) is 22.1 Å². The summed E-state index contributed by atoms with van der Waals surface area (Å²) in [5.41, 5.74) is 4.16. The number of aryl methyl sites for hydroxylation is 2. The number of phenols is 1. The highest BCUT2D eigenvalue weighted by atomic mass is 16.4. The van der Waals surface area contributed by atoms with Crippen molar-refractivity contribution < 1.29 is 9.52 Å². The third-order valence-corrected chi connectivity index (χ3v) is 4.45. The van der Waals surface area contributed by atoms with Crippen molar-refractivity contribution in [3.05, 3.63) is 45.4 Å². The quantitative estimate of drug-likeness (QED) is 0.676. The molecule has 112 valence electrons. The Morgan fingerprint density at radius 2 is 2.05 bits per heavy atom. The minimum absolute atomic E-state index is 0.168. The SMILES string of the molecule is Cc1cc2oc(=O)c3c(c2c(O)c1-c1ccn[nH]1)CCCC3. The maximum Gasteiger partial charge on any atom is 0.339 e. The van der Waals surface area contributed by atoms with E-state index in [1.807, 2.05) is 19.1 Å². The maximum absolute atomic E-state index is 12.1. The predicted molar refractivity (Wildman–Crippen MR) is 83.1 cm³/mol.